The lowest BCUT2D eigenvalue weighted by atomic mass is 9.43. The van der Waals surface area contributed by atoms with Gasteiger partial charge in [0, 0.05) is 6.42 Å². The van der Waals surface area contributed by atoms with Crippen LogP contribution in [0.1, 0.15) is 78.6 Å². The standard InChI is InChI=1S/C24H40O5/c1-13(4-7-19(26)27)15-5-6-16-20-17(9-11-23(15,16)2)24(3)10-8-14(25)12-18(24)21(28)22(20)29/h13-18,20-22,25,28-29H,4-12H2,1-3H3,(H,26,27)/t13-,14-,15?,16+,17+,18?,20+,21-,22+,23-,24-/m1/s1. The van der Waals surface area contributed by atoms with Crippen molar-refractivity contribution in [1.29, 1.82) is 0 Å². The topological polar surface area (TPSA) is 98.0 Å². The lowest BCUT2D eigenvalue weighted by Crippen LogP contribution is -2.64. The first kappa shape index (κ1) is 21.6. The number of aliphatic hydroxyl groups excluding tert-OH is 3. The monoisotopic (exact) mass is 408 g/mol. The Kier molecular flexibility index (Phi) is 5.57. The molecule has 5 nitrogen and oxygen atoms in total. The van der Waals surface area contributed by atoms with Gasteiger partial charge >= 0.3 is 5.97 Å². The Hall–Kier alpha value is -0.650. The largest absolute Gasteiger partial charge is 0.481 e. The van der Waals surface area contributed by atoms with Gasteiger partial charge in [0.15, 0.2) is 0 Å². The van der Waals surface area contributed by atoms with Gasteiger partial charge in [-0.25, -0.2) is 0 Å². The van der Waals surface area contributed by atoms with Gasteiger partial charge in [-0.3, -0.25) is 4.79 Å². The third kappa shape index (κ3) is 3.27. The van der Waals surface area contributed by atoms with Crippen molar-refractivity contribution in [2.75, 3.05) is 0 Å². The molecule has 0 bridgehead atoms. The van der Waals surface area contributed by atoms with E-state index in [-0.39, 0.29) is 35.2 Å². The molecule has 5 heteroatoms. The zero-order valence-electron chi connectivity index (χ0n) is 18.3. The summed E-state index contributed by atoms with van der Waals surface area (Å²) in [7, 11) is 0. The minimum Gasteiger partial charge on any atom is -0.481 e. The molecule has 0 aromatic carbocycles. The molecule has 0 spiro atoms. The Morgan fingerprint density at radius 2 is 1.59 bits per heavy atom. The fourth-order valence-electron chi connectivity index (χ4n) is 8.77. The van der Waals surface area contributed by atoms with Crippen LogP contribution in [0.3, 0.4) is 0 Å². The molecule has 4 aliphatic rings. The maximum Gasteiger partial charge on any atom is 0.303 e. The maximum atomic E-state index is 11.3. The quantitative estimate of drug-likeness (QED) is 0.571. The number of fused-ring (bicyclic) bond motifs is 5. The van der Waals surface area contributed by atoms with Crippen molar-refractivity contribution in [2.24, 2.45) is 46.3 Å². The molecule has 4 rings (SSSR count). The highest BCUT2D eigenvalue weighted by Crippen LogP contribution is 2.68. The predicted molar refractivity (Wildman–Crippen MR) is 110 cm³/mol. The van der Waals surface area contributed by atoms with Crippen LogP contribution in [-0.2, 0) is 4.79 Å². The third-order valence-corrected chi connectivity index (χ3v) is 10.3. The van der Waals surface area contributed by atoms with E-state index in [1.807, 2.05) is 0 Å². The SMILES string of the molecule is C[C@H](CCC(=O)O)C1CC[C@H]2[C@@H]3[C@H](O)[C@H](O)C4C[C@H](O)CC[C@]4(C)[C@H]3CC[C@]12C. The normalized spacial score (nSPS) is 52.9. The first-order chi connectivity index (χ1) is 13.6. The van der Waals surface area contributed by atoms with E-state index in [4.69, 9.17) is 5.11 Å². The van der Waals surface area contributed by atoms with E-state index in [9.17, 15) is 20.1 Å². The second-order valence-corrected chi connectivity index (χ2v) is 11.5. The Bertz CT molecular complexity index is 637. The van der Waals surface area contributed by atoms with Crippen molar-refractivity contribution >= 4 is 5.97 Å². The molecule has 4 N–H and O–H groups in total. The molecule has 4 saturated carbocycles. The molecular formula is C24H40O5. The first-order valence-corrected chi connectivity index (χ1v) is 11.9. The third-order valence-electron chi connectivity index (χ3n) is 10.3. The van der Waals surface area contributed by atoms with Crippen molar-refractivity contribution in [1.82, 2.24) is 0 Å². The summed E-state index contributed by atoms with van der Waals surface area (Å²) in [6.07, 6.45) is 5.87. The van der Waals surface area contributed by atoms with E-state index in [0.717, 1.165) is 44.9 Å². The molecule has 0 amide bonds. The van der Waals surface area contributed by atoms with Crippen molar-refractivity contribution in [2.45, 2.75) is 96.9 Å². The van der Waals surface area contributed by atoms with Crippen LogP contribution in [0.15, 0.2) is 0 Å². The summed E-state index contributed by atoms with van der Waals surface area (Å²) < 4.78 is 0. The van der Waals surface area contributed by atoms with Crippen LogP contribution in [0.25, 0.3) is 0 Å². The number of carboxylic acid groups (broad SMARTS) is 1. The van der Waals surface area contributed by atoms with Crippen molar-refractivity contribution in [3.8, 4) is 0 Å². The van der Waals surface area contributed by atoms with Crippen LogP contribution in [0.4, 0.5) is 0 Å². The van der Waals surface area contributed by atoms with E-state index >= 15 is 0 Å². The molecule has 29 heavy (non-hydrogen) atoms. The van der Waals surface area contributed by atoms with E-state index < -0.39 is 18.2 Å². The summed E-state index contributed by atoms with van der Waals surface area (Å²) in [6.45, 7) is 6.89. The molecule has 4 aliphatic carbocycles. The van der Waals surface area contributed by atoms with Crippen LogP contribution in [0.5, 0.6) is 0 Å². The highest BCUT2D eigenvalue weighted by Gasteiger charge is 2.65. The van der Waals surface area contributed by atoms with E-state index in [2.05, 4.69) is 20.8 Å². The van der Waals surface area contributed by atoms with Gasteiger partial charge in [-0.1, -0.05) is 20.8 Å². The Balaban J connectivity index is 1.59. The van der Waals surface area contributed by atoms with Crippen molar-refractivity contribution in [3.63, 3.8) is 0 Å². The molecule has 0 aromatic rings. The fraction of sp³-hybridized carbons (Fsp3) is 0.958. The van der Waals surface area contributed by atoms with Gasteiger partial charge in [-0.15, -0.1) is 0 Å². The number of carboxylic acids is 1. The Morgan fingerprint density at radius 1 is 0.931 bits per heavy atom. The van der Waals surface area contributed by atoms with E-state index in [1.54, 1.807) is 0 Å². The Morgan fingerprint density at radius 3 is 2.28 bits per heavy atom. The fourth-order valence-corrected chi connectivity index (χ4v) is 8.77. The molecule has 0 aliphatic heterocycles. The number of rotatable bonds is 4. The molecule has 0 aromatic heterocycles. The summed E-state index contributed by atoms with van der Waals surface area (Å²) in [5, 5.41) is 41.7. The summed E-state index contributed by atoms with van der Waals surface area (Å²) in [5.41, 5.74) is 0.119. The summed E-state index contributed by atoms with van der Waals surface area (Å²) in [6, 6.07) is 0. The van der Waals surface area contributed by atoms with Gasteiger partial charge in [0.1, 0.15) is 0 Å². The lowest BCUT2D eigenvalue weighted by Gasteiger charge is -2.63. The van der Waals surface area contributed by atoms with E-state index in [1.165, 1.54) is 0 Å². The minimum absolute atomic E-state index is 0.00309. The van der Waals surface area contributed by atoms with E-state index in [0.29, 0.717) is 30.1 Å². The van der Waals surface area contributed by atoms with Crippen LogP contribution < -0.4 is 0 Å². The minimum atomic E-state index is -0.748. The van der Waals surface area contributed by atoms with Gasteiger partial charge < -0.3 is 20.4 Å². The van der Waals surface area contributed by atoms with Crippen LogP contribution in [0.2, 0.25) is 0 Å². The lowest BCUT2D eigenvalue weighted by molar-refractivity contribution is -0.223. The van der Waals surface area contributed by atoms with Crippen molar-refractivity contribution in [3.05, 3.63) is 0 Å². The first-order valence-electron chi connectivity index (χ1n) is 11.9. The molecule has 4 fully saturated rings. The van der Waals surface area contributed by atoms with Gasteiger partial charge in [0.25, 0.3) is 0 Å². The highest BCUT2D eigenvalue weighted by molar-refractivity contribution is 5.66. The average Bonchev–Trinajstić information content (AvgIpc) is 3.02. The molecule has 0 radical (unpaired) electrons. The molecular weight excluding hydrogens is 368 g/mol. The van der Waals surface area contributed by atoms with Gasteiger partial charge in [-0.2, -0.15) is 0 Å². The van der Waals surface area contributed by atoms with Crippen LogP contribution in [-0.4, -0.2) is 44.7 Å². The van der Waals surface area contributed by atoms with Crippen LogP contribution >= 0.6 is 0 Å². The maximum absolute atomic E-state index is 11.3. The summed E-state index contributed by atoms with van der Waals surface area (Å²) >= 11 is 0. The number of carbonyl (C=O) groups is 1. The summed E-state index contributed by atoms with van der Waals surface area (Å²) in [5.74, 6) is 1.06. The number of hydrogen-bond donors (Lipinski definition) is 4. The van der Waals surface area contributed by atoms with Gasteiger partial charge in [0.2, 0.25) is 0 Å². The zero-order chi connectivity index (χ0) is 21.1. The van der Waals surface area contributed by atoms with Gasteiger partial charge in [0.05, 0.1) is 18.3 Å². The molecule has 166 valence electrons. The second-order valence-electron chi connectivity index (χ2n) is 11.5. The number of hydrogen-bond acceptors (Lipinski definition) is 4. The molecule has 0 saturated heterocycles. The zero-order valence-corrected chi connectivity index (χ0v) is 18.3. The average molecular weight is 409 g/mol. The Labute approximate surface area is 174 Å². The summed E-state index contributed by atoms with van der Waals surface area (Å²) in [4.78, 5) is 11.1. The second kappa shape index (κ2) is 7.49. The molecule has 0 heterocycles. The smallest absolute Gasteiger partial charge is 0.303 e. The van der Waals surface area contributed by atoms with Gasteiger partial charge in [-0.05, 0) is 97.7 Å². The molecule has 2 unspecified atom stereocenters. The number of aliphatic hydroxyl groups is 3. The highest BCUT2D eigenvalue weighted by atomic mass is 16.4. The number of aliphatic carboxylic acids is 1. The van der Waals surface area contributed by atoms with Crippen LogP contribution in [0, 0.1) is 46.3 Å². The molecule has 11 atom stereocenters. The van der Waals surface area contributed by atoms with Crippen molar-refractivity contribution < 1.29 is 25.2 Å². The predicted octanol–water partition coefficient (Wildman–Crippen LogP) is 3.45.